The lowest BCUT2D eigenvalue weighted by Crippen LogP contribution is -2.35. The Balaban J connectivity index is 0.000000273. The Bertz CT molecular complexity index is 724. The van der Waals surface area contributed by atoms with E-state index in [9.17, 15) is 9.59 Å². The van der Waals surface area contributed by atoms with Crippen LogP contribution in [0.3, 0.4) is 0 Å². The van der Waals surface area contributed by atoms with Gasteiger partial charge in [-0.25, -0.2) is 0 Å². The van der Waals surface area contributed by atoms with Crippen LogP contribution < -0.4 is 4.74 Å². The predicted molar refractivity (Wildman–Crippen MR) is 127 cm³/mol. The minimum Gasteiger partial charge on any atom is -0.497 e. The molecule has 2 aromatic rings. The van der Waals surface area contributed by atoms with Gasteiger partial charge in [-0.1, -0.05) is 56.3 Å². The average molecular weight is 427 g/mol. The lowest BCUT2D eigenvalue weighted by Gasteiger charge is -2.24. The van der Waals surface area contributed by atoms with Crippen LogP contribution in [-0.2, 0) is 22.4 Å². The Hall–Kier alpha value is -2.66. The fourth-order valence-electron chi connectivity index (χ4n) is 3.23. The van der Waals surface area contributed by atoms with E-state index >= 15 is 0 Å². The molecule has 170 valence electrons. The monoisotopic (exact) mass is 426 g/mol. The highest BCUT2D eigenvalue weighted by Gasteiger charge is 2.31. The third-order valence-corrected chi connectivity index (χ3v) is 5.24. The van der Waals surface area contributed by atoms with Crippen LogP contribution in [-0.4, -0.2) is 55.9 Å². The number of carbonyl (C=O) groups excluding carboxylic acids is 2. The summed E-state index contributed by atoms with van der Waals surface area (Å²) in [4.78, 5) is 24.9. The lowest BCUT2D eigenvalue weighted by molar-refractivity contribution is -0.126. The van der Waals surface area contributed by atoms with Crippen molar-refractivity contribution in [1.82, 2.24) is 9.80 Å². The van der Waals surface area contributed by atoms with Crippen LogP contribution in [0, 0.1) is 0 Å². The molecular weight excluding hydrogens is 388 g/mol. The first-order chi connectivity index (χ1) is 15.0. The molecule has 1 amide bonds. The van der Waals surface area contributed by atoms with Crippen molar-refractivity contribution in [2.24, 2.45) is 0 Å². The van der Waals surface area contributed by atoms with Crippen LogP contribution in [0.2, 0.25) is 0 Å². The summed E-state index contributed by atoms with van der Waals surface area (Å²) in [5, 5.41) is 0. The zero-order valence-electron chi connectivity index (χ0n) is 19.7. The number of benzene rings is 2. The van der Waals surface area contributed by atoms with Crippen LogP contribution in [0.1, 0.15) is 44.2 Å². The van der Waals surface area contributed by atoms with Crippen molar-refractivity contribution in [2.45, 2.75) is 52.1 Å². The van der Waals surface area contributed by atoms with E-state index in [1.54, 1.807) is 7.11 Å². The van der Waals surface area contributed by atoms with Gasteiger partial charge in [0.1, 0.15) is 12.0 Å². The molecule has 0 radical (unpaired) electrons. The molecule has 3 rings (SSSR count). The van der Waals surface area contributed by atoms with Gasteiger partial charge in [0.25, 0.3) is 0 Å². The molecule has 1 unspecified atom stereocenters. The van der Waals surface area contributed by atoms with Gasteiger partial charge < -0.3 is 14.4 Å². The molecule has 5 heteroatoms. The second-order valence-corrected chi connectivity index (χ2v) is 7.58. The normalized spacial score (nSPS) is 15.5. The first-order valence-corrected chi connectivity index (χ1v) is 11.0. The number of ether oxygens (including phenoxy) is 1. The summed E-state index contributed by atoms with van der Waals surface area (Å²) in [6, 6.07) is 18.6. The molecular formula is C26H38N2O3. The SMILES string of the molecule is CCCC=O.CCc1ccc(OC)cc1.CN1CC(=O)N(C)C1CCc1ccccc1. The maximum absolute atomic E-state index is 11.5. The van der Waals surface area contributed by atoms with Crippen molar-refractivity contribution >= 4 is 12.2 Å². The Morgan fingerprint density at radius 2 is 1.65 bits per heavy atom. The number of aldehydes is 1. The van der Waals surface area contributed by atoms with Crippen molar-refractivity contribution in [3.63, 3.8) is 0 Å². The van der Waals surface area contributed by atoms with Gasteiger partial charge in [-0.3, -0.25) is 9.69 Å². The maximum Gasteiger partial charge on any atom is 0.237 e. The van der Waals surface area contributed by atoms with Gasteiger partial charge in [0, 0.05) is 13.5 Å². The van der Waals surface area contributed by atoms with Gasteiger partial charge >= 0.3 is 0 Å². The number of hydrogen-bond donors (Lipinski definition) is 0. The van der Waals surface area contributed by atoms with E-state index in [0.29, 0.717) is 13.0 Å². The van der Waals surface area contributed by atoms with Crippen molar-refractivity contribution in [3.8, 4) is 5.75 Å². The van der Waals surface area contributed by atoms with Crippen LogP contribution in [0.25, 0.3) is 0 Å². The minimum atomic E-state index is 0.223. The first-order valence-electron chi connectivity index (χ1n) is 11.0. The number of rotatable bonds is 7. The lowest BCUT2D eigenvalue weighted by atomic mass is 10.1. The van der Waals surface area contributed by atoms with E-state index in [2.05, 4.69) is 48.2 Å². The number of hydrogen-bond acceptors (Lipinski definition) is 4. The molecule has 5 nitrogen and oxygen atoms in total. The van der Waals surface area contributed by atoms with Crippen LogP contribution in [0.5, 0.6) is 5.75 Å². The van der Waals surface area contributed by atoms with Gasteiger partial charge in [0.05, 0.1) is 19.8 Å². The minimum absolute atomic E-state index is 0.223. The van der Waals surface area contributed by atoms with Crippen LogP contribution in [0.15, 0.2) is 54.6 Å². The van der Waals surface area contributed by atoms with Crippen molar-refractivity contribution < 1.29 is 14.3 Å². The first kappa shape index (κ1) is 26.4. The quantitative estimate of drug-likeness (QED) is 0.608. The smallest absolute Gasteiger partial charge is 0.237 e. The molecule has 0 aliphatic carbocycles. The molecule has 1 aliphatic rings. The summed E-state index contributed by atoms with van der Waals surface area (Å²) in [7, 11) is 5.58. The molecule has 0 bridgehead atoms. The van der Waals surface area contributed by atoms with E-state index in [1.807, 2.05) is 44.1 Å². The zero-order chi connectivity index (χ0) is 23.1. The number of likely N-dealkylation sites (N-methyl/N-ethyl adjacent to an activating group) is 2. The highest BCUT2D eigenvalue weighted by atomic mass is 16.5. The number of nitrogens with zero attached hydrogens (tertiary/aromatic N) is 2. The summed E-state index contributed by atoms with van der Waals surface area (Å²) in [5.74, 6) is 1.15. The van der Waals surface area contributed by atoms with E-state index in [0.717, 1.165) is 37.7 Å². The van der Waals surface area contributed by atoms with E-state index < -0.39 is 0 Å². The molecule has 1 aliphatic heterocycles. The Morgan fingerprint density at radius 1 is 1.00 bits per heavy atom. The standard InChI is InChI=1S/C13H18N2O.C9H12O.C4H8O/c1-14-10-13(16)15(2)12(14)9-8-11-6-4-3-5-7-11;1-3-8-4-6-9(10-2)7-5-8;1-2-3-4-5/h3-7,12H,8-10H2,1-2H3;4-7H,3H2,1-2H3;4H,2-3H2,1H3. The Labute approximate surface area is 188 Å². The number of amides is 1. The molecule has 0 aromatic heterocycles. The topological polar surface area (TPSA) is 49.9 Å². The molecule has 1 heterocycles. The highest BCUT2D eigenvalue weighted by Crippen LogP contribution is 2.17. The molecule has 0 saturated carbocycles. The average Bonchev–Trinajstić information content (AvgIpc) is 3.05. The summed E-state index contributed by atoms with van der Waals surface area (Å²) in [6.07, 6.45) is 5.98. The summed E-state index contributed by atoms with van der Waals surface area (Å²) < 4.78 is 5.01. The number of methoxy groups -OCH3 is 1. The highest BCUT2D eigenvalue weighted by molar-refractivity contribution is 5.80. The maximum atomic E-state index is 11.5. The van der Waals surface area contributed by atoms with Crippen molar-refractivity contribution in [1.29, 1.82) is 0 Å². The Morgan fingerprint density at radius 3 is 2.06 bits per heavy atom. The van der Waals surface area contributed by atoms with Gasteiger partial charge in [-0.05, 0) is 56.0 Å². The number of unbranched alkanes of at least 4 members (excludes halogenated alkanes) is 1. The fraction of sp³-hybridized carbons (Fsp3) is 0.462. The van der Waals surface area contributed by atoms with Crippen molar-refractivity contribution in [3.05, 3.63) is 65.7 Å². The zero-order valence-corrected chi connectivity index (χ0v) is 19.7. The Kier molecular flexibility index (Phi) is 12.9. The summed E-state index contributed by atoms with van der Waals surface area (Å²) in [5.41, 5.74) is 2.68. The van der Waals surface area contributed by atoms with Crippen LogP contribution in [0.4, 0.5) is 0 Å². The van der Waals surface area contributed by atoms with Gasteiger partial charge in [-0.15, -0.1) is 0 Å². The second-order valence-electron chi connectivity index (χ2n) is 7.58. The second kappa shape index (κ2) is 15.2. The molecule has 1 saturated heterocycles. The van der Waals surface area contributed by atoms with Gasteiger partial charge in [0.15, 0.2) is 0 Å². The third kappa shape index (κ3) is 9.79. The largest absolute Gasteiger partial charge is 0.497 e. The van der Waals surface area contributed by atoms with Gasteiger partial charge in [-0.2, -0.15) is 0 Å². The molecule has 2 aromatic carbocycles. The van der Waals surface area contributed by atoms with Crippen LogP contribution >= 0.6 is 0 Å². The van der Waals surface area contributed by atoms with Gasteiger partial charge in [0.2, 0.25) is 5.91 Å². The number of aryl methyl sites for hydroxylation is 2. The molecule has 1 atom stereocenters. The van der Waals surface area contributed by atoms with E-state index in [4.69, 9.17) is 4.74 Å². The van der Waals surface area contributed by atoms with Crippen molar-refractivity contribution in [2.75, 3.05) is 27.7 Å². The molecule has 1 fully saturated rings. The summed E-state index contributed by atoms with van der Waals surface area (Å²) >= 11 is 0. The summed E-state index contributed by atoms with van der Waals surface area (Å²) in [6.45, 7) is 4.67. The van der Waals surface area contributed by atoms with E-state index in [-0.39, 0.29) is 12.1 Å². The molecule has 0 spiro atoms. The molecule has 0 N–H and O–H groups in total. The number of carbonyl (C=O) groups is 2. The van der Waals surface area contributed by atoms with E-state index in [1.165, 1.54) is 11.1 Å². The fourth-order valence-corrected chi connectivity index (χ4v) is 3.23. The third-order valence-electron chi connectivity index (χ3n) is 5.24. The molecule has 31 heavy (non-hydrogen) atoms. The predicted octanol–water partition coefficient (Wildman–Crippen LogP) is 4.59.